The van der Waals surface area contributed by atoms with Gasteiger partial charge < -0.3 is 9.84 Å². The van der Waals surface area contributed by atoms with E-state index in [0.717, 1.165) is 28.0 Å². The Morgan fingerprint density at radius 1 is 1.24 bits per heavy atom. The van der Waals surface area contributed by atoms with E-state index in [-0.39, 0.29) is 5.41 Å². The molecule has 0 amide bonds. The molecule has 0 aromatic heterocycles. The third kappa shape index (κ3) is 2.43. The normalized spacial score (nSPS) is 17.2. The number of aryl methyl sites for hydroxylation is 1. The molecule has 2 aromatic rings. The molecule has 110 valence electrons. The van der Waals surface area contributed by atoms with E-state index in [0.29, 0.717) is 11.6 Å². The first-order chi connectivity index (χ1) is 9.90. The summed E-state index contributed by atoms with van der Waals surface area (Å²) >= 11 is 6.33. The zero-order valence-corrected chi connectivity index (χ0v) is 13.2. The second-order valence-corrected chi connectivity index (χ2v) is 6.69. The molecule has 0 aliphatic carbocycles. The van der Waals surface area contributed by atoms with Crippen molar-refractivity contribution in [2.45, 2.75) is 32.3 Å². The quantitative estimate of drug-likeness (QED) is 0.891. The molecular formula is C18H19ClO2. The number of halogens is 1. The molecule has 0 saturated carbocycles. The van der Waals surface area contributed by atoms with Gasteiger partial charge in [-0.25, -0.2) is 0 Å². The summed E-state index contributed by atoms with van der Waals surface area (Å²) in [5.41, 5.74) is 3.68. The van der Waals surface area contributed by atoms with E-state index in [2.05, 4.69) is 13.8 Å². The minimum absolute atomic E-state index is 0.0263. The fraction of sp³-hybridized carbons (Fsp3) is 0.333. The Morgan fingerprint density at radius 3 is 2.76 bits per heavy atom. The van der Waals surface area contributed by atoms with Gasteiger partial charge in [0.05, 0.1) is 6.61 Å². The van der Waals surface area contributed by atoms with Gasteiger partial charge in [0.15, 0.2) is 0 Å². The summed E-state index contributed by atoms with van der Waals surface area (Å²) in [4.78, 5) is 0. The number of hydrogen-bond acceptors (Lipinski definition) is 2. The van der Waals surface area contributed by atoms with Crippen LogP contribution in [0.3, 0.4) is 0 Å². The molecule has 0 bridgehead atoms. The Hall–Kier alpha value is -1.51. The molecule has 0 saturated heterocycles. The summed E-state index contributed by atoms with van der Waals surface area (Å²) < 4.78 is 5.69. The zero-order chi connectivity index (χ0) is 15.2. The lowest BCUT2D eigenvalue weighted by atomic mass is 9.85. The van der Waals surface area contributed by atoms with Crippen LogP contribution in [0.1, 0.15) is 42.2 Å². The van der Waals surface area contributed by atoms with Crippen LogP contribution in [0.4, 0.5) is 0 Å². The van der Waals surface area contributed by atoms with E-state index in [9.17, 15) is 5.11 Å². The third-order valence-electron chi connectivity index (χ3n) is 4.15. The molecular weight excluding hydrogens is 284 g/mol. The smallest absolute Gasteiger partial charge is 0.123 e. The Morgan fingerprint density at radius 2 is 2.00 bits per heavy atom. The topological polar surface area (TPSA) is 29.5 Å². The molecule has 0 fully saturated rings. The highest BCUT2D eigenvalue weighted by Gasteiger charge is 2.32. The molecule has 1 atom stereocenters. The predicted octanol–water partition coefficient (Wildman–Crippen LogP) is 4.40. The van der Waals surface area contributed by atoms with E-state index < -0.39 is 6.10 Å². The van der Waals surface area contributed by atoms with Gasteiger partial charge in [-0.3, -0.25) is 0 Å². The summed E-state index contributed by atoms with van der Waals surface area (Å²) in [7, 11) is 0. The third-order valence-corrected chi connectivity index (χ3v) is 4.67. The average Bonchev–Trinajstić information content (AvgIpc) is 2.76. The highest BCUT2D eigenvalue weighted by atomic mass is 35.5. The van der Waals surface area contributed by atoms with E-state index in [4.69, 9.17) is 16.3 Å². The number of hydrogen-bond donors (Lipinski definition) is 1. The molecule has 3 rings (SSSR count). The largest absolute Gasteiger partial charge is 0.492 e. The van der Waals surface area contributed by atoms with Gasteiger partial charge in [0.1, 0.15) is 11.9 Å². The minimum Gasteiger partial charge on any atom is -0.492 e. The predicted molar refractivity (Wildman–Crippen MR) is 85.2 cm³/mol. The van der Waals surface area contributed by atoms with Crippen molar-refractivity contribution >= 4 is 11.6 Å². The molecule has 21 heavy (non-hydrogen) atoms. The summed E-state index contributed by atoms with van der Waals surface area (Å²) in [6.45, 7) is 6.91. The van der Waals surface area contributed by atoms with Crippen LogP contribution in [-0.2, 0) is 5.41 Å². The van der Waals surface area contributed by atoms with Crippen molar-refractivity contribution < 1.29 is 9.84 Å². The SMILES string of the molecule is Cc1cccc(C(O)c2ccc3c(c2)C(C)(C)CO3)c1Cl. The second kappa shape index (κ2) is 5.04. The molecule has 0 radical (unpaired) electrons. The van der Waals surface area contributed by atoms with Gasteiger partial charge in [-0.05, 0) is 30.2 Å². The highest BCUT2D eigenvalue weighted by molar-refractivity contribution is 6.32. The number of rotatable bonds is 2. The fourth-order valence-electron chi connectivity index (χ4n) is 2.77. The molecule has 1 unspecified atom stereocenters. The number of ether oxygens (including phenoxy) is 1. The Labute approximate surface area is 130 Å². The van der Waals surface area contributed by atoms with Crippen molar-refractivity contribution in [1.82, 2.24) is 0 Å². The fourth-order valence-corrected chi connectivity index (χ4v) is 3.00. The molecule has 0 spiro atoms. The van der Waals surface area contributed by atoms with Crippen LogP contribution in [-0.4, -0.2) is 11.7 Å². The second-order valence-electron chi connectivity index (χ2n) is 6.31. The monoisotopic (exact) mass is 302 g/mol. The van der Waals surface area contributed by atoms with E-state index in [1.54, 1.807) is 0 Å². The molecule has 1 N–H and O–H groups in total. The van der Waals surface area contributed by atoms with Crippen LogP contribution in [0.15, 0.2) is 36.4 Å². The maximum atomic E-state index is 10.7. The van der Waals surface area contributed by atoms with Crippen molar-refractivity contribution in [3.63, 3.8) is 0 Å². The van der Waals surface area contributed by atoms with E-state index in [1.807, 2.05) is 43.3 Å². The lowest BCUT2D eigenvalue weighted by Crippen LogP contribution is -2.18. The number of aliphatic hydroxyl groups is 1. The lowest BCUT2D eigenvalue weighted by molar-refractivity contribution is 0.220. The summed E-state index contributed by atoms with van der Waals surface area (Å²) in [5.74, 6) is 0.909. The van der Waals surface area contributed by atoms with Gasteiger partial charge in [0.25, 0.3) is 0 Å². The van der Waals surface area contributed by atoms with Crippen molar-refractivity contribution in [1.29, 1.82) is 0 Å². The average molecular weight is 303 g/mol. The van der Waals surface area contributed by atoms with Gasteiger partial charge in [-0.2, -0.15) is 0 Å². The first kappa shape index (κ1) is 14.4. The maximum absolute atomic E-state index is 10.7. The zero-order valence-electron chi connectivity index (χ0n) is 12.5. The van der Waals surface area contributed by atoms with Gasteiger partial charge in [0, 0.05) is 21.6 Å². The molecule has 1 aliphatic rings. The van der Waals surface area contributed by atoms with Gasteiger partial charge in [0.2, 0.25) is 0 Å². The van der Waals surface area contributed by atoms with Gasteiger partial charge in [-0.1, -0.05) is 49.7 Å². The number of benzene rings is 2. The first-order valence-corrected chi connectivity index (χ1v) is 7.48. The Bertz CT molecular complexity index is 692. The highest BCUT2D eigenvalue weighted by Crippen LogP contribution is 2.41. The van der Waals surface area contributed by atoms with Gasteiger partial charge >= 0.3 is 0 Å². The number of aliphatic hydroxyl groups excluding tert-OH is 1. The molecule has 1 heterocycles. The van der Waals surface area contributed by atoms with E-state index >= 15 is 0 Å². The van der Waals surface area contributed by atoms with Crippen LogP contribution in [0.2, 0.25) is 5.02 Å². The van der Waals surface area contributed by atoms with E-state index in [1.165, 1.54) is 0 Å². The Balaban J connectivity index is 2.03. The maximum Gasteiger partial charge on any atom is 0.123 e. The minimum atomic E-state index is -0.723. The summed E-state index contributed by atoms with van der Waals surface area (Å²) in [5, 5.41) is 11.3. The molecule has 2 nitrogen and oxygen atoms in total. The van der Waals surface area contributed by atoms with Crippen molar-refractivity contribution in [2.75, 3.05) is 6.61 Å². The lowest BCUT2D eigenvalue weighted by Gasteiger charge is -2.19. The van der Waals surface area contributed by atoms with Crippen LogP contribution >= 0.6 is 11.6 Å². The standard InChI is InChI=1S/C18H19ClO2/c1-11-5-4-6-13(16(11)19)17(20)12-7-8-15-14(9-12)18(2,3)10-21-15/h4-9,17,20H,10H2,1-3H3. The van der Waals surface area contributed by atoms with Crippen LogP contribution in [0.5, 0.6) is 5.75 Å². The van der Waals surface area contributed by atoms with Crippen molar-refractivity contribution in [3.05, 3.63) is 63.7 Å². The first-order valence-electron chi connectivity index (χ1n) is 7.10. The molecule has 3 heteroatoms. The summed E-state index contributed by atoms with van der Waals surface area (Å²) in [6, 6.07) is 11.6. The van der Waals surface area contributed by atoms with Gasteiger partial charge in [-0.15, -0.1) is 0 Å². The molecule has 1 aliphatic heterocycles. The molecule has 2 aromatic carbocycles. The van der Waals surface area contributed by atoms with Crippen molar-refractivity contribution in [3.8, 4) is 5.75 Å². The van der Waals surface area contributed by atoms with Crippen molar-refractivity contribution in [2.24, 2.45) is 0 Å². The van der Waals surface area contributed by atoms with Crippen LogP contribution in [0.25, 0.3) is 0 Å². The Kier molecular flexibility index (Phi) is 3.46. The van der Waals surface area contributed by atoms with Crippen LogP contribution in [0, 0.1) is 6.92 Å². The van der Waals surface area contributed by atoms with Crippen LogP contribution < -0.4 is 4.74 Å². The number of fused-ring (bicyclic) bond motifs is 1. The summed E-state index contributed by atoms with van der Waals surface area (Å²) in [6.07, 6.45) is -0.723.